The number of nitrogens with one attached hydrogen (secondary N) is 1. The molecule has 2 atom stereocenters. The zero-order valence-corrected chi connectivity index (χ0v) is 9.22. The monoisotopic (exact) mass is 243 g/mol. The van der Waals surface area contributed by atoms with Crippen LogP contribution < -0.4 is 5.32 Å². The lowest BCUT2D eigenvalue weighted by Gasteiger charge is -2.18. The summed E-state index contributed by atoms with van der Waals surface area (Å²) in [6, 6.07) is 3.06. The summed E-state index contributed by atoms with van der Waals surface area (Å²) in [4.78, 5) is 10.7. The number of hydrogen-bond donors (Lipinski definition) is 4. The number of likely N-dealkylation sites (N-methyl/N-ethyl adjacent to an activating group) is 1. The number of aromatic carboxylic acids is 1. The minimum absolute atomic E-state index is 0.0674. The molecule has 0 saturated carbocycles. The maximum Gasteiger partial charge on any atom is 0.335 e. The molecule has 0 amide bonds. The molecule has 4 N–H and O–H groups in total. The third-order valence-corrected chi connectivity index (χ3v) is 2.34. The molecular formula is C11H14FNO4. The third kappa shape index (κ3) is 3.23. The van der Waals surface area contributed by atoms with E-state index in [1.165, 1.54) is 0 Å². The van der Waals surface area contributed by atoms with Crippen molar-refractivity contribution in [1.29, 1.82) is 0 Å². The van der Waals surface area contributed by atoms with E-state index in [0.717, 1.165) is 18.2 Å². The molecule has 17 heavy (non-hydrogen) atoms. The molecule has 0 aliphatic rings. The number of carbonyl (C=O) groups is 1. The number of halogens is 1. The van der Waals surface area contributed by atoms with Crippen molar-refractivity contribution in [2.24, 2.45) is 0 Å². The van der Waals surface area contributed by atoms with E-state index in [0.29, 0.717) is 0 Å². The summed E-state index contributed by atoms with van der Waals surface area (Å²) >= 11 is 0. The first-order valence-electron chi connectivity index (χ1n) is 5.00. The minimum atomic E-state index is -1.47. The molecule has 1 aromatic carbocycles. The predicted molar refractivity (Wildman–Crippen MR) is 58.3 cm³/mol. The largest absolute Gasteiger partial charge is 0.478 e. The Morgan fingerprint density at radius 2 is 2.12 bits per heavy atom. The molecule has 1 aromatic rings. The Hall–Kier alpha value is -1.50. The van der Waals surface area contributed by atoms with Crippen molar-refractivity contribution in [2.75, 3.05) is 13.6 Å². The lowest BCUT2D eigenvalue weighted by Crippen LogP contribution is -2.30. The fraction of sp³-hybridized carbons (Fsp3) is 0.364. The van der Waals surface area contributed by atoms with Crippen LogP contribution in [0.2, 0.25) is 0 Å². The van der Waals surface area contributed by atoms with E-state index in [9.17, 15) is 19.4 Å². The molecule has 5 nitrogen and oxygen atoms in total. The van der Waals surface area contributed by atoms with E-state index >= 15 is 0 Å². The van der Waals surface area contributed by atoms with Crippen LogP contribution in [-0.2, 0) is 0 Å². The number of aliphatic hydroxyl groups excluding tert-OH is 2. The molecule has 0 bridgehead atoms. The molecule has 6 heteroatoms. The molecule has 0 heterocycles. The van der Waals surface area contributed by atoms with E-state index in [2.05, 4.69) is 5.32 Å². The van der Waals surface area contributed by atoms with E-state index in [-0.39, 0.29) is 17.7 Å². The van der Waals surface area contributed by atoms with Crippen LogP contribution in [0.1, 0.15) is 22.0 Å². The molecule has 0 aliphatic carbocycles. The van der Waals surface area contributed by atoms with Gasteiger partial charge in [-0.15, -0.1) is 0 Å². The average Bonchev–Trinajstić information content (AvgIpc) is 2.28. The third-order valence-electron chi connectivity index (χ3n) is 2.34. The van der Waals surface area contributed by atoms with Crippen molar-refractivity contribution in [3.8, 4) is 0 Å². The lowest BCUT2D eigenvalue weighted by atomic mass is 10.0. The highest BCUT2D eigenvalue weighted by Crippen LogP contribution is 2.21. The summed E-state index contributed by atoms with van der Waals surface area (Å²) in [7, 11) is 1.57. The Balaban J connectivity index is 3.03. The lowest BCUT2D eigenvalue weighted by molar-refractivity contribution is 0.0180. The number of carboxylic acid groups (broad SMARTS) is 1. The van der Waals surface area contributed by atoms with Crippen LogP contribution >= 0.6 is 0 Å². The van der Waals surface area contributed by atoms with Crippen molar-refractivity contribution < 1.29 is 24.5 Å². The van der Waals surface area contributed by atoms with Crippen molar-refractivity contribution >= 4 is 5.97 Å². The van der Waals surface area contributed by atoms with Crippen molar-refractivity contribution in [1.82, 2.24) is 5.32 Å². The Labute approximate surface area is 97.5 Å². The highest BCUT2D eigenvalue weighted by atomic mass is 19.1. The number of rotatable bonds is 5. The quantitative estimate of drug-likeness (QED) is 0.590. The fourth-order valence-electron chi connectivity index (χ4n) is 1.43. The number of hydrogen-bond acceptors (Lipinski definition) is 4. The van der Waals surface area contributed by atoms with Gasteiger partial charge in [-0.1, -0.05) is 0 Å². The summed E-state index contributed by atoms with van der Waals surface area (Å²) in [6.45, 7) is 0.0674. The molecule has 0 radical (unpaired) electrons. The first-order chi connectivity index (χ1) is 7.97. The maximum absolute atomic E-state index is 13.4. The highest BCUT2D eigenvalue weighted by molar-refractivity contribution is 5.87. The molecule has 94 valence electrons. The molecule has 0 spiro atoms. The smallest absolute Gasteiger partial charge is 0.335 e. The summed E-state index contributed by atoms with van der Waals surface area (Å²) in [5, 5.41) is 30.6. The van der Waals surface area contributed by atoms with Gasteiger partial charge >= 0.3 is 5.97 Å². The minimum Gasteiger partial charge on any atom is -0.478 e. The number of benzene rings is 1. The molecule has 0 fully saturated rings. The zero-order chi connectivity index (χ0) is 13.0. The second-order valence-electron chi connectivity index (χ2n) is 3.61. The summed E-state index contributed by atoms with van der Waals surface area (Å²) in [5.41, 5.74) is -0.371. The molecular weight excluding hydrogens is 229 g/mol. The highest BCUT2D eigenvalue weighted by Gasteiger charge is 2.22. The van der Waals surface area contributed by atoms with Gasteiger partial charge in [0.05, 0.1) is 11.7 Å². The summed E-state index contributed by atoms with van der Waals surface area (Å²) < 4.78 is 13.4. The van der Waals surface area contributed by atoms with Crippen LogP contribution in [-0.4, -0.2) is 41.0 Å². The van der Waals surface area contributed by atoms with Gasteiger partial charge in [0.15, 0.2) is 0 Å². The van der Waals surface area contributed by atoms with Crippen molar-refractivity contribution in [2.45, 2.75) is 12.2 Å². The van der Waals surface area contributed by atoms with Gasteiger partial charge in [-0.2, -0.15) is 0 Å². The van der Waals surface area contributed by atoms with Crippen LogP contribution in [0.4, 0.5) is 4.39 Å². The van der Waals surface area contributed by atoms with Crippen LogP contribution in [0.5, 0.6) is 0 Å². The van der Waals surface area contributed by atoms with Crippen molar-refractivity contribution in [3.05, 3.63) is 35.1 Å². The normalized spacial score (nSPS) is 14.4. The predicted octanol–water partition coefficient (Wildman–Crippen LogP) is 0.138. The molecule has 0 aromatic heterocycles. The van der Waals surface area contributed by atoms with Crippen LogP contribution in [0.25, 0.3) is 0 Å². The molecule has 1 rings (SSSR count). The van der Waals surface area contributed by atoms with Gasteiger partial charge in [-0.25, -0.2) is 9.18 Å². The van der Waals surface area contributed by atoms with E-state index in [1.807, 2.05) is 0 Å². The SMILES string of the molecule is CNCC(O)C(O)c1cc(C(=O)O)ccc1F. The number of aliphatic hydroxyl groups is 2. The zero-order valence-electron chi connectivity index (χ0n) is 9.22. The van der Waals surface area contributed by atoms with Gasteiger partial charge in [-0.3, -0.25) is 0 Å². The van der Waals surface area contributed by atoms with Crippen LogP contribution in [0.15, 0.2) is 18.2 Å². The van der Waals surface area contributed by atoms with Gasteiger partial charge in [0.25, 0.3) is 0 Å². The molecule has 0 saturated heterocycles. The Morgan fingerprint density at radius 3 is 2.65 bits per heavy atom. The van der Waals surface area contributed by atoms with Gasteiger partial charge in [0, 0.05) is 12.1 Å². The molecule has 2 unspecified atom stereocenters. The average molecular weight is 243 g/mol. The van der Waals surface area contributed by atoms with Gasteiger partial charge < -0.3 is 20.6 Å². The first kappa shape index (κ1) is 13.6. The van der Waals surface area contributed by atoms with Gasteiger partial charge in [-0.05, 0) is 25.2 Å². The topological polar surface area (TPSA) is 89.8 Å². The van der Waals surface area contributed by atoms with E-state index in [1.54, 1.807) is 7.05 Å². The Bertz CT molecular complexity index is 410. The van der Waals surface area contributed by atoms with Gasteiger partial charge in [0.2, 0.25) is 0 Å². The van der Waals surface area contributed by atoms with Crippen molar-refractivity contribution in [3.63, 3.8) is 0 Å². The maximum atomic E-state index is 13.4. The molecule has 0 aliphatic heterocycles. The summed E-state index contributed by atoms with van der Waals surface area (Å²) in [5.74, 6) is -1.97. The van der Waals surface area contributed by atoms with E-state index < -0.39 is 24.0 Å². The second kappa shape index (κ2) is 5.72. The number of carboxylic acids is 1. The Kier molecular flexibility index (Phi) is 4.56. The summed E-state index contributed by atoms with van der Waals surface area (Å²) in [6.07, 6.45) is -2.68. The van der Waals surface area contributed by atoms with E-state index in [4.69, 9.17) is 5.11 Å². The van der Waals surface area contributed by atoms with Gasteiger partial charge in [0.1, 0.15) is 11.9 Å². The van der Waals surface area contributed by atoms with Crippen LogP contribution in [0, 0.1) is 5.82 Å². The Morgan fingerprint density at radius 1 is 1.47 bits per heavy atom. The second-order valence-corrected chi connectivity index (χ2v) is 3.61. The standard InChI is InChI=1S/C11H14FNO4/c1-13-5-9(14)10(15)7-4-6(11(16)17)2-3-8(7)12/h2-4,9-10,13-15H,5H2,1H3,(H,16,17). The first-order valence-corrected chi connectivity index (χ1v) is 5.00. The van der Waals surface area contributed by atoms with Crippen LogP contribution in [0.3, 0.4) is 0 Å². The fourth-order valence-corrected chi connectivity index (χ4v) is 1.43.